The summed E-state index contributed by atoms with van der Waals surface area (Å²) in [6, 6.07) is 11.6. The van der Waals surface area contributed by atoms with Crippen molar-refractivity contribution in [1.82, 2.24) is 14.9 Å². The second kappa shape index (κ2) is 7.61. The van der Waals surface area contributed by atoms with E-state index in [4.69, 9.17) is 10.7 Å². The fourth-order valence-electron chi connectivity index (χ4n) is 4.56. The summed E-state index contributed by atoms with van der Waals surface area (Å²) in [5.74, 6) is -0.308. The van der Waals surface area contributed by atoms with Crippen LogP contribution in [0, 0.1) is 0 Å². The van der Waals surface area contributed by atoms with Crippen molar-refractivity contribution in [2.75, 3.05) is 13.1 Å². The summed E-state index contributed by atoms with van der Waals surface area (Å²) in [4.78, 5) is 35.9. The molecule has 0 bridgehead atoms. The van der Waals surface area contributed by atoms with Crippen molar-refractivity contribution < 1.29 is 9.59 Å². The van der Waals surface area contributed by atoms with E-state index in [0.29, 0.717) is 23.1 Å². The molecule has 3 aromatic rings. The number of carbonyl (C=O) groups excluding carboxylic acids is 2. The van der Waals surface area contributed by atoms with E-state index in [9.17, 15) is 9.59 Å². The minimum absolute atomic E-state index is 0.0612. The number of hydrogen-bond donors (Lipinski definition) is 1. The second-order valence-electron chi connectivity index (χ2n) is 8.33. The molecule has 0 radical (unpaired) electrons. The molecule has 1 aromatic heterocycles. The summed E-state index contributed by atoms with van der Waals surface area (Å²) in [7, 11) is 0. The number of piperidine rings is 1. The van der Waals surface area contributed by atoms with Crippen molar-refractivity contribution >= 4 is 28.4 Å². The highest BCUT2D eigenvalue weighted by Gasteiger charge is 2.23. The lowest BCUT2D eigenvalue weighted by Crippen LogP contribution is -2.35. The Bertz CT molecular complexity index is 1260. The molecule has 1 saturated heterocycles. The van der Waals surface area contributed by atoms with Crippen LogP contribution in [0.1, 0.15) is 47.7 Å². The van der Waals surface area contributed by atoms with Crippen LogP contribution in [0.5, 0.6) is 0 Å². The SMILES string of the molecule is CC1=C(C(N)=O)Cc2ccc(-c3cnc4ccc(C(=O)N5CCCCC5)cc4n3)cc21. The van der Waals surface area contributed by atoms with Gasteiger partial charge in [-0.15, -0.1) is 0 Å². The van der Waals surface area contributed by atoms with Gasteiger partial charge in [0, 0.05) is 36.2 Å². The highest BCUT2D eigenvalue weighted by atomic mass is 16.2. The first-order valence-corrected chi connectivity index (χ1v) is 10.7. The molecule has 2 amide bonds. The first kappa shape index (κ1) is 19.4. The maximum atomic E-state index is 12.9. The number of benzene rings is 2. The number of primary amides is 1. The van der Waals surface area contributed by atoms with E-state index in [1.165, 1.54) is 6.42 Å². The predicted octanol–water partition coefficient (Wildman–Crippen LogP) is 3.74. The van der Waals surface area contributed by atoms with Gasteiger partial charge in [-0.1, -0.05) is 12.1 Å². The number of carbonyl (C=O) groups is 2. The lowest BCUT2D eigenvalue weighted by molar-refractivity contribution is -0.114. The molecule has 2 aliphatic rings. The van der Waals surface area contributed by atoms with Crippen LogP contribution in [-0.4, -0.2) is 39.8 Å². The van der Waals surface area contributed by atoms with Gasteiger partial charge in [0.25, 0.3) is 5.91 Å². The van der Waals surface area contributed by atoms with Gasteiger partial charge in [-0.05, 0) is 67.2 Å². The molecule has 0 atom stereocenters. The van der Waals surface area contributed by atoms with E-state index in [0.717, 1.165) is 59.4 Å². The van der Waals surface area contributed by atoms with Crippen LogP contribution in [0.25, 0.3) is 27.9 Å². The molecule has 6 heteroatoms. The number of hydrogen-bond acceptors (Lipinski definition) is 4. The van der Waals surface area contributed by atoms with E-state index in [1.807, 2.05) is 48.2 Å². The van der Waals surface area contributed by atoms with E-state index in [2.05, 4.69) is 4.98 Å². The Balaban J connectivity index is 1.50. The van der Waals surface area contributed by atoms with Crippen molar-refractivity contribution in [3.05, 3.63) is 64.9 Å². The number of amides is 2. The van der Waals surface area contributed by atoms with Crippen LogP contribution in [0.4, 0.5) is 0 Å². The Morgan fingerprint density at radius 3 is 2.58 bits per heavy atom. The summed E-state index contributed by atoms with van der Waals surface area (Å²) in [6.45, 7) is 3.57. The largest absolute Gasteiger partial charge is 0.366 e. The Kier molecular flexibility index (Phi) is 4.77. The van der Waals surface area contributed by atoms with Crippen LogP contribution in [0.2, 0.25) is 0 Å². The zero-order valence-electron chi connectivity index (χ0n) is 17.5. The van der Waals surface area contributed by atoms with E-state index >= 15 is 0 Å². The molecule has 1 aliphatic carbocycles. The van der Waals surface area contributed by atoms with Gasteiger partial charge in [0.2, 0.25) is 5.91 Å². The van der Waals surface area contributed by atoms with Gasteiger partial charge < -0.3 is 10.6 Å². The van der Waals surface area contributed by atoms with Crippen molar-refractivity contribution in [2.24, 2.45) is 5.73 Å². The number of nitrogens with zero attached hydrogens (tertiary/aromatic N) is 3. The molecule has 0 unspecified atom stereocenters. The maximum Gasteiger partial charge on any atom is 0.253 e. The molecular formula is C25H24N4O2. The van der Waals surface area contributed by atoms with Crippen LogP contribution in [-0.2, 0) is 11.2 Å². The molecule has 2 aromatic carbocycles. The zero-order valence-corrected chi connectivity index (χ0v) is 17.5. The lowest BCUT2D eigenvalue weighted by Gasteiger charge is -2.26. The van der Waals surface area contributed by atoms with Gasteiger partial charge in [0.1, 0.15) is 0 Å². The zero-order chi connectivity index (χ0) is 21.5. The number of likely N-dealkylation sites (tertiary alicyclic amines) is 1. The summed E-state index contributed by atoms with van der Waals surface area (Å²) in [6.07, 6.45) is 5.63. The molecule has 1 fully saturated rings. The Morgan fingerprint density at radius 1 is 1.00 bits per heavy atom. The third kappa shape index (κ3) is 3.48. The molecule has 1 aliphatic heterocycles. The van der Waals surface area contributed by atoms with Gasteiger partial charge in [-0.3, -0.25) is 14.6 Å². The van der Waals surface area contributed by atoms with Gasteiger partial charge in [0.15, 0.2) is 0 Å². The van der Waals surface area contributed by atoms with E-state index < -0.39 is 0 Å². The Labute approximate surface area is 180 Å². The fraction of sp³-hybridized carbons (Fsp3) is 0.280. The number of allylic oxidation sites excluding steroid dienone is 1. The van der Waals surface area contributed by atoms with Gasteiger partial charge in [-0.25, -0.2) is 4.98 Å². The molecule has 6 nitrogen and oxygen atoms in total. The average molecular weight is 412 g/mol. The first-order valence-electron chi connectivity index (χ1n) is 10.7. The van der Waals surface area contributed by atoms with Crippen LogP contribution in [0.15, 0.2) is 48.2 Å². The predicted molar refractivity (Wildman–Crippen MR) is 120 cm³/mol. The van der Waals surface area contributed by atoms with Crippen LogP contribution in [0.3, 0.4) is 0 Å². The summed E-state index contributed by atoms with van der Waals surface area (Å²) in [5, 5.41) is 0. The molecule has 31 heavy (non-hydrogen) atoms. The minimum Gasteiger partial charge on any atom is -0.366 e. The van der Waals surface area contributed by atoms with Crippen molar-refractivity contribution in [2.45, 2.75) is 32.6 Å². The van der Waals surface area contributed by atoms with Gasteiger partial charge >= 0.3 is 0 Å². The monoisotopic (exact) mass is 412 g/mol. The molecule has 0 saturated carbocycles. The highest BCUT2D eigenvalue weighted by molar-refractivity contribution is 6.03. The van der Waals surface area contributed by atoms with E-state index in [1.54, 1.807) is 6.20 Å². The van der Waals surface area contributed by atoms with Crippen molar-refractivity contribution in [3.8, 4) is 11.3 Å². The van der Waals surface area contributed by atoms with Crippen molar-refractivity contribution in [1.29, 1.82) is 0 Å². The fourth-order valence-corrected chi connectivity index (χ4v) is 4.56. The summed E-state index contributed by atoms with van der Waals surface area (Å²) < 4.78 is 0. The molecule has 156 valence electrons. The maximum absolute atomic E-state index is 12.9. The lowest BCUT2D eigenvalue weighted by atomic mass is 10.0. The minimum atomic E-state index is -0.369. The van der Waals surface area contributed by atoms with E-state index in [-0.39, 0.29) is 11.8 Å². The first-order chi connectivity index (χ1) is 15.0. The van der Waals surface area contributed by atoms with Crippen LogP contribution >= 0.6 is 0 Å². The quantitative estimate of drug-likeness (QED) is 0.710. The Morgan fingerprint density at radius 2 is 1.81 bits per heavy atom. The molecular weight excluding hydrogens is 388 g/mol. The summed E-state index contributed by atoms with van der Waals surface area (Å²) >= 11 is 0. The highest BCUT2D eigenvalue weighted by Crippen LogP contribution is 2.35. The Hall–Kier alpha value is -3.54. The third-order valence-corrected chi connectivity index (χ3v) is 6.36. The standard InChI is InChI=1S/C25H24N4O2/c1-15-19-12-17(6-5-16(19)11-20(15)24(26)30)23-14-27-21-8-7-18(13-22(21)28-23)25(31)29-9-3-2-4-10-29/h5-8,12-14H,2-4,9-11H2,1H3,(H2,26,30). The number of aromatic nitrogens is 2. The molecule has 0 spiro atoms. The number of nitrogens with two attached hydrogens (primary N) is 1. The topological polar surface area (TPSA) is 89.2 Å². The number of fused-ring (bicyclic) bond motifs is 2. The third-order valence-electron chi connectivity index (χ3n) is 6.36. The van der Waals surface area contributed by atoms with Gasteiger partial charge in [0.05, 0.1) is 22.9 Å². The molecule has 2 N–H and O–H groups in total. The average Bonchev–Trinajstić information content (AvgIpc) is 3.14. The molecule has 2 heterocycles. The normalized spacial score (nSPS) is 16.0. The summed E-state index contributed by atoms with van der Waals surface area (Å²) in [5.41, 5.74) is 13.0. The number of rotatable bonds is 3. The van der Waals surface area contributed by atoms with Gasteiger partial charge in [-0.2, -0.15) is 0 Å². The second-order valence-corrected chi connectivity index (χ2v) is 8.33. The molecule has 5 rings (SSSR count). The van der Waals surface area contributed by atoms with Crippen molar-refractivity contribution in [3.63, 3.8) is 0 Å². The smallest absolute Gasteiger partial charge is 0.253 e. The van der Waals surface area contributed by atoms with Crippen LogP contribution < -0.4 is 5.73 Å².